The molecule has 0 aromatic heterocycles. The molecule has 3 heterocycles. The minimum absolute atomic E-state index is 0.121. The van der Waals surface area contributed by atoms with Crippen LogP contribution in [0.1, 0.15) is 25.7 Å². The largest absolute Gasteiger partial charge is 0.381 e. The van der Waals surface area contributed by atoms with E-state index in [0.29, 0.717) is 6.42 Å². The highest BCUT2D eigenvalue weighted by Crippen LogP contribution is 2.36. The molecule has 5 heteroatoms. The topological polar surface area (TPSA) is 53.6 Å². The van der Waals surface area contributed by atoms with Gasteiger partial charge in [-0.3, -0.25) is 4.79 Å². The zero-order chi connectivity index (χ0) is 15.7. The Morgan fingerprint density at radius 2 is 2.00 bits per heavy atom. The number of benzene rings is 1. The van der Waals surface area contributed by atoms with E-state index in [1.807, 2.05) is 18.2 Å². The molecule has 1 amide bonds. The molecule has 124 valence electrons. The van der Waals surface area contributed by atoms with E-state index in [1.165, 1.54) is 12.8 Å². The van der Waals surface area contributed by atoms with Crippen molar-refractivity contribution in [1.29, 1.82) is 0 Å². The molecular weight excluding hydrogens is 290 g/mol. The highest BCUT2D eigenvalue weighted by atomic mass is 16.5. The lowest BCUT2D eigenvalue weighted by molar-refractivity contribution is -0.117. The van der Waals surface area contributed by atoms with Crippen molar-refractivity contribution in [3.63, 3.8) is 0 Å². The second-order valence-electron chi connectivity index (χ2n) is 7.22. The molecule has 1 atom stereocenters. The van der Waals surface area contributed by atoms with Crippen molar-refractivity contribution in [3.05, 3.63) is 24.3 Å². The van der Waals surface area contributed by atoms with Crippen LogP contribution in [0.15, 0.2) is 24.3 Å². The van der Waals surface area contributed by atoms with Crippen LogP contribution >= 0.6 is 0 Å². The molecule has 3 aliphatic rings. The molecule has 2 saturated heterocycles. The number of rotatable bonds is 2. The molecule has 0 aliphatic carbocycles. The number of anilines is 2. The first-order valence-corrected chi connectivity index (χ1v) is 8.70. The molecule has 0 saturated carbocycles. The number of amides is 1. The lowest BCUT2D eigenvalue weighted by atomic mass is 9.93. The average molecular weight is 315 g/mol. The Bertz CT molecular complexity index is 585. The SMILES string of the molecule is O=C1CC2(CCN(CC3CCOCC3)C2)Nc2ccccc2N1. The summed E-state index contributed by atoms with van der Waals surface area (Å²) in [6.45, 7) is 4.96. The Kier molecular flexibility index (Phi) is 3.99. The quantitative estimate of drug-likeness (QED) is 0.879. The van der Waals surface area contributed by atoms with E-state index in [9.17, 15) is 4.79 Å². The van der Waals surface area contributed by atoms with E-state index in [-0.39, 0.29) is 11.4 Å². The summed E-state index contributed by atoms with van der Waals surface area (Å²) in [4.78, 5) is 14.8. The Labute approximate surface area is 137 Å². The number of nitrogens with one attached hydrogen (secondary N) is 2. The van der Waals surface area contributed by atoms with Crippen molar-refractivity contribution in [1.82, 2.24) is 4.90 Å². The molecule has 1 spiro atoms. The van der Waals surface area contributed by atoms with Gasteiger partial charge in [0.15, 0.2) is 0 Å². The standard InChI is InChI=1S/C18H25N3O2/c22-17-11-18(20-16-4-2-1-3-15(16)19-17)7-8-21(13-18)12-14-5-9-23-10-6-14/h1-4,14,20H,5-13H2,(H,19,22). The highest BCUT2D eigenvalue weighted by molar-refractivity contribution is 5.97. The van der Waals surface area contributed by atoms with Gasteiger partial charge in [-0.15, -0.1) is 0 Å². The first kappa shape index (κ1) is 15.0. The minimum Gasteiger partial charge on any atom is -0.381 e. The average Bonchev–Trinajstić information content (AvgIpc) is 2.85. The first-order chi connectivity index (χ1) is 11.2. The van der Waals surface area contributed by atoms with Crippen molar-refractivity contribution < 1.29 is 9.53 Å². The molecule has 1 aromatic rings. The van der Waals surface area contributed by atoms with Gasteiger partial charge < -0.3 is 20.3 Å². The molecule has 1 aromatic carbocycles. The smallest absolute Gasteiger partial charge is 0.226 e. The van der Waals surface area contributed by atoms with Crippen LogP contribution in [0.2, 0.25) is 0 Å². The van der Waals surface area contributed by atoms with Crippen LogP contribution in [-0.2, 0) is 9.53 Å². The first-order valence-electron chi connectivity index (χ1n) is 8.70. The van der Waals surface area contributed by atoms with Crippen molar-refractivity contribution in [2.45, 2.75) is 31.2 Å². The molecule has 0 radical (unpaired) electrons. The molecule has 1 unspecified atom stereocenters. The van der Waals surface area contributed by atoms with E-state index < -0.39 is 0 Å². The molecule has 5 nitrogen and oxygen atoms in total. The predicted octanol–water partition coefficient (Wildman–Crippen LogP) is 2.31. The van der Waals surface area contributed by atoms with Gasteiger partial charge in [-0.1, -0.05) is 12.1 Å². The van der Waals surface area contributed by atoms with Crippen LogP contribution in [0.5, 0.6) is 0 Å². The van der Waals surface area contributed by atoms with Crippen molar-refractivity contribution in [2.24, 2.45) is 5.92 Å². The fraction of sp³-hybridized carbons (Fsp3) is 0.611. The Morgan fingerprint density at radius 1 is 1.22 bits per heavy atom. The summed E-state index contributed by atoms with van der Waals surface area (Å²) in [5.41, 5.74) is 1.82. The van der Waals surface area contributed by atoms with E-state index in [4.69, 9.17) is 4.74 Å². The van der Waals surface area contributed by atoms with E-state index in [1.54, 1.807) is 0 Å². The summed E-state index contributed by atoms with van der Waals surface area (Å²) in [5.74, 6) is 0.862. The zero-order valence-electron chi connectivity index (χ0n) is 13.5. The number of carbonyl (C=O) groups is 1. The molecule has 2 fully saturated rings. The third-order valence-corrected chi connectivity index (χ3v) is 5.39. The predicted molar refractivity (Wildman–Crippen MR) is 90.6 cm³/mol. The fourth-order valence-corrected chi connectivity index (χ4v) is 4.19. The second kappa shape index (κ2) is 6.13. The summed E-state index contributed by atoms with van der Waals surface area (Å²) < 4.78 is 5.46. The molecular formula is C18H25N3O2. The Morgan fingerprint density at radius 3 is 2.83 bits per heavy atom. The monoisotopic (exact) mass is 315 g/mol. The number of nitrogens with zero attached hydrogens (tertiary/aromatic N) is 1. The normalized spacial score (nSPS) is 29.0. The van der Waals surface area contributed by atoms with Crippen molar-refractivity contribution >= 4 is 17.3 Å². The van der Waals surface area contributed by atoms with Gasteiger partial charge in [-0.05, 0) is 37.3 Å². The summed E-state index contributed by atoms with van der Waals surface area (Å²) in [6, 6.07) is 8.01. The number of fused-ring (bicyclic) bond motifs is 1. The summed E-state index contributed by atoms with van der Waals surface area (Å²) in [5, 5.41) is 6.72. The van der Waals surface area contributed by atoms with Gasteiger partial charge in [0.2, 0.25) is 5.91 Å². The maximum absolute atomic E-state index is 12.3. The second-order valence-corrected chi connectivity index (χ2v) is 7.22. The fourth-order valence-electron chi connectivity index (χ4n) is 4.19. The third-order valence-electron chi connectivity index (χ3n) is 5.39. The van der Waals surface area contributed by atoms with E-state index in [2.05, 4.69) is 21.6 Å². The van der Waals surface area contributed by atoms with E-state index in [0.717, 1.165) is 56.6 Å². The maximum Gasteiger partial charge on any atom is 0.226 e. The van der Waals surface area contributed by atoms with Crippen LogP contribution in [0.4, 0.5) is 11.4 Å². The number of ether oxygens (including phenoxy) is 1. The number of likely N-dealkylation sites (tertiary alicyclic amines) is 1. The van der Waals surface area contributed by atoms with Gasteiger partial charge in [-0.25, -0.2) is 0 Å². The molecule has 0 bridgehead atoms. The number of para-hydroxylation sites is 2. The summed E-state index contributed by atoms with van der Waals surface area (Å²) in [6.07, 6.45) is 3.91. The van der Waals surface area contributed by atoms with Crippen LogP contribution in [0.3, 0.4) is 0 Å². The van der Waals surface area contributed by atoms with Gasteiger partial charge in [0.25, 0.3) is 0 Å². The molecule has 23 heavy (non-hydrogen) atoms. The zero-order valence-corrected chi connectivity index (χ0v) is 13.5. The summed E-state index contributed by atoms with van der Waals surface area (Å²) >= 11 is 0. The van der Waals surface area contributed by atoms with Crippen LogP contribution in [0, 0.1) is 5.92 Å². The van der Waals surface area contributed by atoms with Crippen molar-refractivity contribution in [3.8, 4) is 0 Å². The van der Waals surface area contributed by atoms with Gasteiger partial charge >= 0.3 is 0 Å². The van der Waals surface area contributed by atoms with Gasteiger partial charge in [0.1, 0.15) is 0 Å². The van der Waals surface area contributed by atoms with Crippen LogP contribution < -0.4 is 10.6 Å². The summed E-state index contributed by atoms with van der Waals surface area (Å²) in [7, 11) is 0. The molecule has 3 aliphatic heterocycles. The molecule has 2 N–H and O–H groups in total. The third kappa shape index (κ3) is 3.21. The number of hydrogen-bond acceptors (Lipinski definition) is 4. The van der Waals surface area contributed by atoms with Gasteiger partial charge in [0, 0.05) is 32.8 Å². The van der Waals surface area contributed by atoms with Crippen LogP contribution in [0.25, 0.3) is 0 Å². The van der Waals surface area contributed by atoms with E-state index >= 15 is 0 Å². The van der Waals surface area contributed by atoms with Crippen LogP contribution in [-0.4, -0.2) is 49.2 Å². The highest BCUT2D eigenvalue weighted by Gasteiger charge is 2.42. The molecule has 4 rings (SSSR count). The number of carbonyl (C=O) groups excluding carboxylic acids is 1. The van der Waals surface area contributed by atoms with Gasteiger partial charge in [0.05, 0.1) is 23.3 Å². The Balaban J connectivity index is 1.47. The lowest BCUT2D eigenvalue weighted by Gasteiger charge is -2.31. The van der Waals surface area contributed by atoms with Crippen molar-refractivity contribution in [2.75, 3.05) is 43.5 Å². The minimum atomic E-state index is -0.123. The number of hydrogen-bond donors (Lipinski definition) is 2. The van der Waals surface area contributed by atoms with Gasteiger partial charge in [-0.2, -0.15) is 0 Å². The lowest BCUT2D eigenvalue weighted by Crippen LogP contribution is -2.43. The Hall–Kier alpha value is -1.59. The maximum atomic E-state index is 12.3.